The van der Waals surface area contributed by atoms with E-state index in [1.54, 1.807) is 12.1 Å². The Kier molecular flexibility index (Phi) is 3.26. The third-order valence-electron chi connectivity index (χ3n) is 2.05. The summed E-state index contributed by atoms with van der Waals surface area (Å²) in [6, 6.07) is 3.30. The summed E-state index contributed by atoms with van der Waals surface area (Å²) in [5, 5.41) is 14.9. The van der Waals surface area contributed by atoms with Gasteiger partial charge in [-0.25, -0.2) is 4.98 Å². The van der Waals surface area contributed by atoms with E-state index in [1.807, 2.05) is 0 Å². The van der Waals surface area contributed by atoms with Crippen molar-refractivity contribution in [3.05, 3.63) is 50.5 Å². The Hall–Kier alpha value is -1.66. The summed E-state index contributed by atoms with van der Waals surface area (Å²) in [5.74, 6) is 0. The summed E-state index contributed by atoms with van der Waals surface area (Å²) in [6.07, 6.45) is 2.50. The van der Waals surface area contributed by atoms with Crippen molar-refractivity contribution < 1.29 is 4.92 Å². The maximum absolute atomic E-state index is 10.5. The first-order chi connectivity index (χ1) is 8.06. The highest BCUT2D eigenvalue weighted by atomic mass is 35.5. The molecule has 0 unspecified atom stereocenters. The molecular weight excluding hydrogens is 267 g/mol. The number of nitro groups is 1. The topological polar surface area (TPSA) is 73.8 Å². The van der Waals surface area contributed by atoms with Crippen molar-refractivity contribution in [2.45, 2.75) is 6.54 Å². The molecule has 17 heavy (non-hydrogen) atoms. The van der Waals surface area contributed by atoms with Gasteiger partial charge in [0.15, 0.2) is 0 Å². The summed E-state index contributed by atoms with van der Waals surface area (Å²) in [4.78, 5) is 13.8. The standard InChI is InChI=1S/C9H6Cl2N4O2/c10-8-2-1-6(9(11)13-8)4-14-5-7(3-12-14)15(16)17/h1-3,5H,4H2. The molecule has 0 radical (unpaired) electrons. The lowest BCUT2D eigenvalue weighted by Gasteiger charge is -2.03. The van der Waals surface area contributed by atoms with Crippen molar-refractivity contribution >= 4 is 28.9 Å². The van der Waals surface area contributed by atoms with Crippen molar-refractivity contribution in [1.82, 2.24) is 14.8 Å². The zero-order valence-corrected chi connectivity index (χ0v) is 9.89. The van der Waals surface area contributed by atoms with E-state index in [1.165, 1.54) is 17.1 Å². The minimum Gasteiger partial charge on any atom is -0.261 e. The molecule has 0 saturated heterocycles. The lowest BCUT2D eigenvalue weighted by molar-refractivity contribution is -0.385. The normalized spacial score (nSPS) is 10.5. The number of pyridine rings is 1. The van der Waals surface area contributed by atoms with Gasteiger partial charge in [-0.15, -0.1) is 0 Å². The van der Waals surface area contributed by atoms with Crippen LogP contribution in [0.15, 0.2) is 24.5 Å². The molecule has 0 aliphatic heterocycles. The second-order valence-corrected chi connectivity index (χ2v) is 3.98. The van der Waals surface area contributed by atoms with Crippen LogP contribution in [0.2, 0.25) is 10.3 Å². The maximum Gasteiger partial charge on any atom is 0.307 e. The molecule has 0 spiro atoms. The van der Waals surface area contributed by atoms with E-state index in [2.05, 4.69) is 10.1 Å². The second-order valence-electron chi connectivity index (χ2n) is 3.24. The monoisotopic (exact) mass is 272 g/mol. The van der Waals surface area contributed by atoms with Gasteiger partial charge in [0, 0.05) is 5.56 Å². The molecule has 6 nitrogen and oxygen atoms in total. The molecule has 0 fully saturated rings. The van der Waals surface area contributed by atoms with Crippen molar-refractivity contribution in [2.75, 3.05) is 0 Å². The van der Waals surface area contributed by atoms with E-state index < -0.39 is 4.92 Å². The molecule has 0 aliphatic rings. The average Bonchev–Trinajstić information content (AvgIpc) is 2.71. The van der Waals surface area contributed by atoms with Crippen LogP contribution in [-0.4, -0.2) is 19.7 Å². The molecule has 0 amide bonds. The maximum atomic E-state index is 10.5. The van der Waals surface area contributed by atoms with Crippen LogP contribution in [0.1, 0.15) is 5.56 Å². The van der Waals surface area contributed by atoms with Crippen molar-refractivity contribution in [1.29, 1.82) is 0 Å². The number of halogens is 2. The zero-order valence-electron chi connectivity index (χ0n) is 8.38. The number of nitrogens with zero attached hydrogens (tertiary/aromatic N) is 4. The Bertz CT molecular complexity index is 570. The summed E-state index contributed by atoms with van der Waals surface area (Å²) < 4.78 is 1.41. The van der Waals surface area contributed by atoms with E-state index in [-0.39, 0.29) is 10.8 Å². The summed E-state index contributed by atoms with van der Waals surface area (Å²) in [6.45, 7) is 0.302. The number of hydrogen-bond acceptors (Lipinski definition) is 4. The quantitative estimate of drug-likeness (QED) is 0.489. The lowest BCUT2D eigenvalue weighted by Crippen LogP contribution is -2.01. The summed E-state index contributed by atoms with van der Waals surface area (Å²) >= 11 is 11.5. The predicted octanol–water partition coefficient (Wildman–Crippen LogP) is 2.54. The van der Waals surface area contributed by atoms with Crippen molar-refractivity contribution in [3.8, 4) is 0 Å². The van der Waals surface area contributed by atoms with Crippen LogP contribution < -0.4 is 0 Å². The SMILES string of the molecule is O=[N+]([O-])c1cnn(Cc2ccc(Cl)nc2Cl)c1. The molecule has 0 aliphatic carbocycles. The molecule has 0 saturated carbocycles. The predicted molar refractivity (Wildman–Crippen MR) is 62.2 cm³/mol. The Balaban J connectivity index is 2.22. The summed E-state index contributed by atoms with van der Waals surface area (Å²) in [5.41, 5.74) is 0.622. The van der Waals surface area contributed by atoms with Gasteiger partial charge in [0.05, 0.1) is 11.5 Å². The highest BCUT2D eigenvalue weighted by molar-refractivity contribution is 6.32. The number of rotatable bonds is 3. The van der Waals surface area contributed by atoms with Crippen LogP contribution in [-0.2, 0) is 6.54 Å². The first kappa shape index (κ1) is 11.8. The Morgan fingerprint density at radius 1 is 1.41 bits per heavy atom. The van der Waals surface area contributed by atoms with Gasteiger partial charge >= 0.3 is 5.69 Å². The summed E-state index contributed by atoms with van der Waals surface area (Å²) in [7, 11) is 0. The first-order valence-corrected chi connectivity index (χ1v) is 5.29. The first-order valence-electron chi connectivity index (χ1n) is 4.54. The zero-order chi connectivity index (χ0) is 12.4. The fourth-order valence-corrected chi connectivity index (χ4v) is 1.67. The van der Waals surface area contributed by atoms with Crippen LogP contribution >= 0.6 is 23.2 Å². The molecule has 2 rings (SSSR count). The van der Waals surface area contributed by atoms with E-state index >= 15 is 0 Å². The van der Waals surface area contributed by atoms with Crippen molar-refractivity contribution in [2.24, 2.45) is 0 Å². The third-order valence-corrected chi connectivity index (χ3v) is 2.59. The van der Waals surface area contributed by atoms with E-state index in [9.17, 15) is 10.1 Å². The third kappa shape index (κ3) is 2.72. The van der Waals surface area contributed by atoms with Crippen LogP contribution in [0.25, 0.3) is 0 Å². The van der Waals surface area contributed by atoms with Crippen LogP contribution in [0.3, 0.4) is 0 Å². The van der Waals surface area contributed by atoms with Crippen LogP contribution in [0.5, 0.6) is 0 Å². The molecule has 0 N–H and O–H groups in total. The van der Waals surface area contributed by atoms with E-state index in [4.69, 9.17) is 23.2 Å². The van der Waals surface area contributed by atoms with Gasteiger partial charge in [-0.3, -0.25) is 14.8 Å². The highest BCUT2D eigenvalue weighted by Gasteiger charge is 2.10. The Morgan fingerprint density at radius 3 is 2.76 bits per heavy atom. The number of aromatic nitrogens is 3. The van der Waals surface area contributed by atoms with E-state index in [0.29, 0.717) is 17.3 Å². The second kappa shape index (κ2) is 4.68. The molecule has 0 atom stereocenters. The Morgan fingerprint density at radius 2 is 2.18 bits per heavy atom. The molecule has 2 aromatic rings. The molecule has 8 heteroatoms. The Labute approximate surface area is 106 Å². The van der Waals surface area contributed by atoms with Gasteiger partial charge in [-0.05, 0) is 6.07 Å². The van der Waals surface area contributed by atoms with Gasteiger partial charge in [0.2, 0.25) is 0 Å². The molecule has 2 heterocycles. The number of hydrogen-bond donors (Lipinski definition) is 0. The molecular formula is C9H6Cl2N4O2. The molecule has 0 bridgehead atoms. The van der Waals surface area contributed by atoms with Gasteiger partial charge < -0.3 is 0 Å². The fraction of sp³-hybridized carbons (Fsp3) is 0.111. The smallest absolute Gasteiger partial charge is 0.261 e. The largest absolute Gasteiger partial charge is 0.307 e. The lowest BCUT2D eigenvalue weighted by atomic mass is 10.3. The molecule has 88 valence electrons. The highest BCUT2D eigenvalue weighted by Crippen LogP contribution is 2.18. The average molecular weight is 273 g/mol. The van der Waals surface area contributed by atoms with Gasteiger partial charge in [0.25, 0.3) is 0 Å². The van der Waals surface area contributed by atoms with E-state index in [0.717, 1.165) is 0 Å². The molecule has 2 aromatic heterocycles. The van der Waals surface area contributed by atoms with Gasteiger partial charge in [-0.2, -0.15) is 5.10 Å². The van der Waals surface area contributed by atoms with Gasteiger partial charge in [-0.1, -0.05) is 29.3 Å². The fourth-order valence-electron chi connectivity index (χ4n) is 1.27. The molecule has 0 aromatic carbocycles. The minimum atomic E-state index is -0.509. The van der Waals surface area contributed by atoms with Crippen molar-refractivity contribution in [3.63, 3.8) is 0 Å². The van der Waals surface area contributed by atoms with Crippen LogP contribution in [0, 0.1) is 10.1 Å². The minimum absolute atomic E-state index is 0.0666. The van der Waals surface area contributed by atoms with Crippen LogP contribution in [0.4, 0.5) is 5.69 Å². The van der Waals surface area contributed by atoms with Gasteiger partial charge in [0.1, 0.15) is 22.7 Å².